The van der Waals surface area contributed by atoms with E-state index in [1.165, 1.54) is 11.3 Å². The third kappa shape index (κ3) is 2.49. The molecule has 0 bridgehead atoms. The predicted octanol–water partition coefficient (Wildman–Crippen LogP) is 2.64. The Bertz CT molecular complexity index is 664. The molecule has 20 heavy (non-hydrogen) atoms. The molecule has 106 valence electrons. The molecule has 3 rings (SSSR count). The van der Waals surface area contributed by atoms with Crippen LogP contribution in [-0.4, -0.2) is 23.7 Å². The Hall–Kier alpha value is -1.30. The first-order chi connectivity index (χ1) is 9.54. The van der Waals surface area contributed by atoms with Crippen molar-refractivity contribution in [2.75, 3.05) is 12.3 Å². The summed E-state index contributed by atoms with van der Waals surface area (Å²) < 4.78 is 0.955. The van der Waals surface area contributed by atoms with Gasteiger partial charge >= 0.3 is 0 Å². The lowest BCUT2D eigenvalue weighted by Crippen LogP contribution is -2.38. The number of nitrogen functional groups attached to an aromatic ring is 1. The van der Waals surface area contributed by atoms with E-state index in [0.29, 0.717) is 28.0 Å². The predicted molar refractivity (Wildman–Crippen MR) is 82.3 cm³/mol. The number of halogens is 1. The fraction of sp³-hybridized carbons (Fsp3) is 0.357. The molecule has 1 aromatic heterocycles. The van der Waals surface area contributed by atoms with Crippen molar-refractivity contribution < 1.29 is 9.90 Å². The minimum absolute atomic E-state index is 0.152. The Morgan fingerprint density at radius 2 is 2.25 bits per heavy atom. The number of carbonyl (C=O) groups is 1. The van der Waals surface area contributed by atoms with Crippen molar-refractivity contribution >= 4 is 44.6 Å². The first-order valence-electron chi connectivity index (χ1n) is 6.48. The molecule has 1 amide bonds. The Kier molecular flexibility index (Phi) is 3.58. The molecule has 4 N–H and O–H groups in total. The number of amides is 1. The Morgan fingerprint density at radius 1 is 1.50 bits per heavy atom. The average Bonchev–Trinajstić information content (AvgIpc) is 2.70. The number of aliphatic hydroxyl groups excluding tert-OH is 1. The van der Waals surface area contributed by atoms with E-state index in [-0.39, 0.29) is 12.0 Å². The van der Waals surface area contributed by atoms with Crippen LogP contribution in [-0.2, 0) is 0 Å². The second kappa shape index (κ2) is 5.24. The molecule has 4 nitrogen and oxygen atoms in total. The number of thiophene rings is 1. The fourth-order valence-corrected chi connectivity index (χ4v) is 3.63. The van der Waals surface area contributed by atoms with Gasteiger partial charge < -0.3 is 16.2 Å². The molecule has 1 aliphatic rings. The third-order valence-corrected chi connectivity index (χ3v) is 5.08. The number of nitrogens with two attached hydrogens (primary N) is 1. The van der Waals surface area contributed by atoms with Gasteiger partial charge in [0.1, 0.15) is 4.88 Å². The van der Waals surface area contributed by atoms with Crippen molar-refractivity contribution in [1.29, 1.82) is 0 Å². The smallest absolute Gasteiger partial charge is 0.263 e. The lowest BCUT2D eigenvalue weighted by atomic mass is 9.82. The SMILES string of the molecule is Nc1c(C(=O)NCC2CC(O)C2)sc2ccc(Cl)cc12. The summed E-state index contributed by atoms with van der Waals surface area (Å²) in [6, 6.07) is 5.44. The summed E-state index contributed by atoms with van der Waals surface area (Å²) in [6.45, 7) is 0.588. The second-order valence-electron chi connectivity index (χ2n) is 5.19. The third-order valence-electron chi connectivity index (χ3n) is 3.66. The van der Waals surface area contributed by atoms with Crippen LogP contribution in [0, 0.1) is 5.92 Å². The van der Waals surface area contributed by atoms with E-state index in [0.717, 1.165) is 22.9 Å². The number of hydrogen-bond donors (Lipinski definition) is 3. The molecule has 0 aliphatic heterocycles. The molecular formula is C14H15ClN2O2S. The summed E-state index contributed by atoms with van der Waals surface area (Å²) in [5, 5.41) is 13.5. The van der Waals surface area contributed by atoms with Crippen molar-refractivity contribution in [3.8, 4) is 0 Å². The molecule has 0 radical (unpaired) electrons. The van der Waals surface area contributed by atoms with E-state index in [9.17, 15) is 9.90 Å². The van der Waals surface area contributed by atoms with Gasteiger partial charge in [0, 0.05) is 21.7 Å². The Labute approximate surface area is 125 Å². The molecule has 6 heteroatoms. The molecule has 0 spiro atoms. The molecule has 0 atom stereocenters. The maximum Gasteiger partial charge on any atom is 0.263 e. The standard InChI is InChI=1S/C14H15ClN2O2S/c15-8-1-2-11-10(5-8)12(16)13(20-11)14(19)17-6-7-3-9(18)4-7/h1-2,5,7,9,18H,3-4,6,16H2,(H,17,19). The minimum atomic E-state index is -0.201. The van der Waals surface area contributed by atoms with E-state index in [2.05, 4.69) is 5.32 Å². The number of benzene rings is 1. The maximum atomic E-state index is 12.2. The summed E-state index contributed by atoms with van der Waals surface area (Å²) in [5.74, 6) is 0.222. The van der Waals surface area contributed by atoms with E-state index in [1.54, 1.807) is 12.1 Å². The van der Waals surface area contributed by atoms with Crippen molar-refractivity contribution in [2.24, 2.45) is 5.92 Å². The van der Waals surface area contributed by atoms with Crippen LogP contribution >= 0.6 is 22.9 Å². The van der Waals surface area contributed by atoms with Gasteiger partial charge in [-0.15, -0.1) is 11.3 Å². The van der Waals surface area contributed by atoms with Crippen LogP contribution in [0.1, 0.15) is 22.5 Å². The quantitative estimate of drug-likeness (QED) is 0.816. The monoisotopic (exact) mass is 310 g/mol. The van der Waals surface area contributed by atoms with Gasteiger partial charge in [-0.25, -0.2) is 0 Å². The highest BCUT2D eigenvalue weighted by Gasteiger charge is 2.27. The van der Waals surface area contributed by atoms with Crippen molar-refractivity contribution in [3.63, 3.8) is 0 Å². The van der Waals surface area contributed by atoms with Gasteiger partial charge in [-0.05, 0) is 37.0 Å². The van der Waals surface area contributed by atoms with Gasteiger partial charge in [-0.2, -0.15) is 0 Å². The molecule has 1 heterocycles. The van der Waals surface area contributed by atoms with Crippen LogP contribution < -0.4 is 11.1 Å². The van der Waals surface area contributed by atoms with Crippen molar-refractivity contribution in [3.05, 3.63) is 28.1 Å². The van der Waals surface area contributed by atoms with Crippen LogP contribution in [0.5, 0.6) is 0 Å². The topological polar surface area (TPSA) is 75.4 Å². The normalized spacial score (nSPS) is 21.7. The molecule has 1 saturated carbocycles. The number of aliphatic hydroxyl groups is 1. The summed E-state index contributed by atoms with van der Waals surface area (Å²) in [4.78, 5) is 12.7. The molecule has 2 aromatic rings. The van der Waals surface area contributed by atoms with Crippen LogP contribution in [0.3, 0.4) is 0 Å². The maximum absolute atomic E-state index is 12.2. The van der Waals surface area contributed by atoms with Gasteiger partial charge in [0.2, 0.25) is 0 Å². The molecule has 1 fully saturated rings. The number of rotatable bonds is 3. The Morgan fingerprint density at radius 3 is 2.95 bits per heavy atom. The molecular weight excluding hydrogens is 296 g/mol. The van der Waals surface area contributed by atoms with Gasteiger partial charge in [-0.1, -0.05) is 11.6 Å². The van der Waals surface area contributed by atoms with Crippen molar-refractivity contribution in [1.82, 2.24) is 5.32 Å². The highest BCUT2D eigenvalue weighted by atomic mass is 35.5. The van der Waals surface area contributed by atoms with Gasteiger partial charge in [0.05, 0.1) is 11.8 Å². The summed E-state index contributed by atoms with van der Waals surface area (Å²) in [7, 11) is 0. The number of carbonyl (C=O) groups excluding carboxylic acids is 1. The lowest BCUT2D eigenvalue weighted by molar-refractivity contribution is 0.0420. The number of nitrogens with one attached hydrogen (secondary N) is 1. The minimum Gasteiger partial charge on any atom is -0.397 e. The number of fused-ring (bicyclic) bond motifs is 1. The highest BCUT2D eigenvalue weighted by Crippen LogP contribution is 2.35. The largest absolute Gasteiger partial charge is 0.397 e. The van der Waals surface area contributed by atoms with E-state index < -0.39 is 0 Å². The zero-order valence-electron chi connectivity index (χ0n) is 10.7. The van der Waals surface area contributed by atoms with Crippen LogP contribution in [0.2, 0.25) is 5.02 Å². The second-order valence-corrected chi connectivity index (χ2v) is 6.68. The van der Waals surface area contributed by atoms with Gasteiger partial charge in [0.25, 0.3) is 5.91 Å². The molecule has 0 saturated heterocycles. The summed E-state index contributed by atoms with van der Waals surface area (Å²) >= 11 is 7.32. The van der Waals surface area contributed by atoms with E-state index in [1.807, 2.05) is 6.07 Å². The van der Waals surface area contributed by atoms with E-state index in [4.69, 9.17) is 17.3 Å². The molecule has 0 unspecified atom stereocenters. The van der Waals surface area contributed by atoms with Crippen LogP contribution in [0.25, 0.3) is 10.1 Å². The molecule has 1 aromatic carbocycles. The fourth-order valence-electron chi connectivity index (χ4n) is 2.44. The van der Waals surface area contributed by atoms with E-state index >= 15 is 0 Å². The van der Waals surface area contributed by atoms with Gasteiger partial charge in [-0.3, -0.25) is 4.79 Å². The lowest BCUT2D eigenvalue weighted by Gasteiger charge is -2.31. The van der Waals surface area contributed by atoms with Gasteiger partial charge in [0.15, 0.2) is 0 Å². The van der Waals surface area contributed by atoms with Crippen molar-refractivity contribution in [2.45, 2.75) is 18.9 Å². The number of hydrogen-bond acceptors (Lipinski definition) is 4. The van der Waals surface area contributed by atoms with Crippen LogP contribution in [0.15, 0.2) is 18.2 Å². The Balaban J connectivity index is 1.75. The first kappa shape index (κ1) is 13.7. The zero-order chi connectivity index (χ0) is 14.3. The average molecular weight is 311 g/mol. The zero-order valence-corrected chi connectivity index (χ0v) is 12.3. The number of anilines is 1. The first-order valence-corrected chi connectivity index (χ1v) is 7.68. The highest BCUT2D eigenvalue weighted by molar-refractivity contribution is 7.21. The summed E-state index contributed by atoms with van der Waals surface area (Å²) in [5.41, 5.74) is 6.52. The molecule has 1 aliphatic carbocycles. The van der Waals surface area contributed by atoms with Crippen LogP contribution in [0.4, 0.5) is 5.69 Å². The summed E-state index contributed by atoms with van der Waals surface area (Å²) in [6.07, 6.45) is 1.32.